The van der Waals surface area contributed by atoms with E-state index in [9.17, 15) is 4.39 Å². The number of aromatic amines is 1. The van der Waals surface area contributed by atoms with Crippen LogP contribution in [0.1, 0.15) is 6.92 Å². The Labute approximate surface area is 125 Å². The third-order valence-corrected chi connectivity index (χ3v) is 3.54. The molecule has 0 atom stereocenters. The maximum Gasteiger partial charge on any atom is 0.224 e. The van der Waals surface area contributed by atoms with Gasteiger partial charge in [-0.05, 0) is 19.1 Å². The molecule has 0 aliphatic carbocycles. The monoisotopic (exact) mass is 296 g/mol. The average Bonchev–Trinajstić information content (AvgIpc) is 3.11. The van der Waals surface area contributed by atoms with Crippen LogP contribution in [0.4, 0.5) is 10.3 Å². The summed E-state index contributed by atoms with van der Waals surface area (Å²) in [6, 6.07) is 3.69. The van der Waals surface area contributed by atoms with Gasteiger partial charge < -0.3 is 10.3 Å². The Morgan fingerprint density at radius 3 is 3.05 bits per heavy atom. The van der Waals surface area contributed by atoms with Gasteiger partial charge in [0, 0.05) is 41.6 Å². The number of fused-ring (bicyclic) bond motifs is 2. The minimum absolute atomic E-state index is 0.387. The van der Waals surface area contributed by atoms with E-state index in [4.69, 9.17) is 0 Å². The second-order valence-electron chi connectivity index (χ2n) is 4.92. The number of aromatic nitrogens is 5. The lowest BCUT2D eigenvalue weighted by molar-refractivity contribution is 0.573. The van der Waals surface area contributed by atoms with Crippen LogP contribution in [-0.2, 0) is 0 Å². The highest BCUT2D eigenvalue weighted by Gasteiger charge is 2.10. The van der Waals surface area contributed by atoms with Crippen molar-refractivity contribution in [1.82, 2.24) is 24.3 Å². The van der Waals surface area contributed by atoms with Crippen LogP contribution in [0.3, 0.4) is 0 Å². The summed E-state index contributed by atoms with van der Waals surface area (Å²) < 4.78 is 15.1. The molecule has 0 aliphatic rings. The molecule has 22 heavy (non-hydrogen) atoms. The molecule has 4 rings (SSSR count). The Morgan fingerprint density at radius 1 is 1.27 bits per heavy atom. The van der Waals surface area contributed by atoms with Crippen molar-refractivity contribution < 1.29 is 4.39 Å². The molecule has 0 fully saturated rings. The summed E-state index contributed by atoms with van der Waals surface area (Å²) in [5, 5.41) is 3.96. The summed E-state index contributed by atoms with van der Waals surface area (Å²) in [7, 11) is 0. The summed E-state index contributed by atoms with van der Waals surface area (Å²) in [5.74, 6) is 0.196. The van der Waals surface area contributed by atoms with E-state index in [-0.39, 0.29) is 5.95 Å². The molecule has 0 aromatic carbocycles. The molecule has 0 unspecified atom stereocenters. The van der Waals surface area contributed by atoms with Crippen molar-refractivity contribution >= 4 is 22.6 Å². The Hall–Kier alpha value is -2.96. The van der Waals surface area contributed by atoms with Crippen LogP contribution in [0, 0.1) is 5.95 Å². The van der Waals surface area contributed by atoms with E-state index in [1.165, 1.54) is 10.6 Å². The highest BCUT2D eigenvalue weighted by Crippen LogP contribution is 2.28. The van der Waals surface area contributed by atoms with Gasteiger partial charge in [0.2, 0.25) is 11.9 Å². The number of halogens is 1. The van der Waals surface area contributed by atoms with Gasteiger partial charge in [0.1, 0.15) is 11.3 Å². The molecule has 0 radical (unpaired) electrons. The predicted octanol–water partition coefficient (Wildman–Crippen LogP) is 2.84. The maximum atomic E-state index is 13.7. The number of H-pyrrole nitrogens is 1. The molecule has 7 heteroatoms. The lowest BCUT2D eigenvalue weighted by Crippen LogP contribution is -2.01. The highest BCUT2D eigenvalue weighted by atomic mass is 19.1. The van der Waals surface area contributed by atoms with E-state index >= 15 is 0 Å². The van der Waals surface area contributed by atoms with Gasteiger partial charge >= 0.3 is 0 Å². The minimum atomic E-state index is -0.387. The van der Waals surface area contributed by atoms with Crippen molar-refractivity contribution in [3.63, 3.8) is 0 Å². The van der Waals surface area contributed by atoms with Gasteiger partial charge in [-0.1, -0.05) is 0 Å². The zero-order chi connectivity index (χ0) is 15.1. The summed E-state index contributed by atoms with van der Waals surface area (Å²) in [4.78, 5) is 15.8. The molecule has 0 saturated heterocycles. The van der Waals surface area contributed by atoms with E-state index in [0.29, 0.717) is 11.6 Å². The summed E-state index contributed by atoms with van der Waals surface area (Å²) in [6.07, 6.45) is 6.55. The van der Waals surface area contributed by atoms with Crippen LogP contribution in [0.2, 0.25) is 0 Å². The molecule has 4 aromatic heterocycles. The fraction of sp³-hybridized carbons (Fsp3) is 0.133. The van der Waals surface area contributed by atoms with Crippen LogP contribution in [0.15, 0.2) is 36.9 Å². The van der Waals surface area contributed by atoms with Gasteiger partial charge in [0.25, 0.3) is 0 Å². The standard InChI is InChI=1S/C15H13FN6/c1-2-17-15-20-6-11-10(5-19-14(11)21-15)9-3-4-13-18-7-12(16)22(13)8-9/h3-8H,2H2,1H3,(H2,17,19,20,21). The summed E-state index contributed by atoms with van der Waals surface area (Å²) >= 11 is 0. The Bertz CT molecular complexity index is 971. The largest absolute Gasteiger partial charge is 0.354 e. The van der Waals surface area contributed by atoms with Crippen LogP contribution in [0.5, 0.6) is 0 Å². The third-order valence-electron chi connectivity index (χ3n) is 3.54. The van der Waals surface area contributed by atoms with Crippen LogP contribution >= 0.6 is 0 Å². The fourth-order valence-electron chi connectivity index (χ4n) is 2.50. The molecule has 0 spiro atoms. The predicted molar refractivity (Wildman–Crippen MR) is 82.2 cm³/mol. The Morgan fingerprint density at radius 2 is 2.18 bits per heavy atom. The molecule has 4 heterocycles. The number of hydrogen-bond acceptors (Lipinski definition) is 4. The van der Waals surface area contributed by atoms with Crippen molar-refractivity contribution in [1.29, 1.82) is 0 Å². The molecule has 6 nitrogen and oxygen atoms in total. The van der Waals surface area contributed by atoms with Gasteiger partial charge in [-0.25, -0.2) is 9.97 Å². The number of nitrogens with one attached hydrogen (secondary N) is 2. The molecule has 0 saturated carbocycles. The molecule has 0 amide bonds. The molecule has 110 valence electrons. The second kappa shape index (κ2) is 4.80. The first-order chi connectivity index (χ1) is 10.8. The van der Waals surface area contributed by atoms with Crippen LogP contribution in [0.25, 0.3) is 27.8 Å². The number of hydrogen-bond donors (Lipinski definition) is 2. The van der Waals surface area contributed by atoms with E-state index < -0.39 is 0 Å². The SMILES string of the molecule is CCNc1ncc2c(-c3ccc4ncc(F)n4c3)c[nH]c2n1. The average molecular weight is 296 g/mol. The van der Waals surface area contributed by atoms with Crippen LogP contribution < -0.4 is 5.32 Å². The topological polar surface area (TPSA) is 70.9 Å². The van der Waals surface area contributed by atoms with E-state index in [1.807, 2.05) is 19.2 Å². The quantitative estimate of drug-likeness (QED) is 0.610. The molecule has 0 aliphatic heterocycles. The van der Waals surface area contributed by atoms with Crippen molar-refractivity contribution in [2.24, 2.45) is 0 Å². The van der Waals surface area contributed by atoms with E-state index in [1.54, 1.807) is 18.5 Å². The third kappa shape index (κ3) is 1.90. The maximum absolute atomic E-state index is 13.7. The molecule has 4 aromatic rings. The molecule has 0 bridgehead atoms. The van der Waals surface area contributed by atoms with E-state index in [2.05, 4.69) is 25.3 Å². The molecular formula is C15H13FN6. The Kier molecular flexibility index (Phi) is 2.78. The first-order valence-corrected chi connectivity index (χ1v) is 6.97. The minimum Gasteiger partial charge on any atom is -0.354 e. The van der Waals surface area contributed by atoms with Crippen molar-refractivity contribution in [3.8, 4) is 11.1 Å². The lowest BCUT2D eigenvalue weighted by atomic mass is 10.1. The summed E-state index contributed by atoms with van der Waals surface area (Å²) in [6.45, 7) is 2.75. The number of anilines is 1. The van der Waals surface area contributed by atoms with Gasteiger partial charge in [0.15, 0.2) is 0 Å². The number of pyridine rings is 1. The number of rotatable bonds is 3. The smallest absolute Gasteiger partial charge is 0.224 e. The Balaban J connectivity index is 1.86. The van der Waals surface area contributed by atoms with Crippen molar-refractivity contribution in [3.05, 3.63) is 42.9 Å². The number of imidazole rings is 1. The normalized spacial score (nSPS) is 11.4. The van der Waals surface area contributed by atoms with Gasteiger partial charge in [-0.3, -0.25) is 4.40 Å². The zero-order valence-electron chi connectivity index (χ0n) is 11.8. The van der Waals surface area contributed by atoms with Gasteiger partial charge in [-0.2, -0.15) is 9.37 Å². The van der Waals surface area contributed by atoms with Gasteiger partial charge in [0.05, 0.1) is 6.20 Å². The molecule has 2 N–H and O–H groups in total. The first kappa shape index (κ1) is 12.8. The lowest BCUT2D eigenvalue weighted by Gasteiger charge is -2.03. The van der Waals surface area contributed by atoms with Gasteiger partial charge in [-0.15, -0.1) is 0 Å². The zero-order valence-corrected chi connectivity index (χ0v) is 11.8. The molecular weight excluding hydrogens is 283 g/mol. The second-order valence-corrected chi connectivity index (χ2v) is 4.92. The first-order valence-electron chi connectivity index (χ1n) is 6.97. The summed E-state index contributed by atoms with van der Waals surface area (Å²) in [5.41, 5.74) is 3.11. The van der Waals surface area contributed by atoms with Crippen molar-refractivity contribution in [2.75, 3.05) is 11.9 Å². The van der Waals surface area contributed by atoms with E-state index in [0.717, 1.165) is 28.7 Å². The number of nitrogens with zero attached hydrogens (tertiary/aromatic N) is 4. The van der Waals surface area contributed by atoms with Crippen molar-refractivity contribution in [2.45, 2.75) is 6.92 Å². The highest BCUT2D eigenvalue weighted by molar-refractivity contribution is 5.93. The fourth-order valence-corrected chi connectivity index (χ4v) is 2.50. The van der Waals surface area contributed by atoms with Crippen LogP contribution in [-0.4, -0.2) is 30.9 Å².